The van der Waals surface area contributed by atoms with Crippen LogP contribution in [0.1, 0.15) is 23.4 Å². The first kappa shape index (κ1) is 11.7. The molecule has 0 saturated heterocycles. The monoisotopic (exact) mass is 232 g/mol. The molecule has 1 N–H and O–H groups in total. The number of hydrogen-bond donors (Lipinski definition) is 1. The fourth-order valence-electron chi connectivity index (χ4n) is 1.21. The summed E-state index contributed by atoms with van der Waals surface area (Å²) < 4.78 is 24.9. The predicted molar refractivity (Wildman–Crippen MR) is 50.9 cm³/mol. The summed E-state index contributed by atoms with van der Waals surface area (Å²) in [4.78, 5) is 13.8. The van der Waals surface area contributed by atoms with Gasteiger partial charge in [-0.25, -0.2) is 8.78 Å². The fourth-order valence-corrected chi connectivity index (χ4v) is 1.42. The Hall–Kier alpha value is -1.41. The maximum atomic E-state index is 12.4. The molecule has 6 heteroatoms. The standard InChI is InChI=1S/C9H7ClF2N2O/c10-4-6-8(9(11)12)7(15)3-5(14-6)1-2-13/h3,9H,1,4H2,(H,14,15). The molecular weight excluding hydrogens is 226 g/mol. The molecule has 0 aliphatic heterocycles. The Labute approximate surface area is 89.3 Å². The van der Waals surface area contributed by atoms with Gasteiger partial charge >= 0.3 is 0 Å². The largest absolute Gasteiger partial charge is 0.360 e. The van der Waals surface area contributed by atoms with E-state index in [1.165, 1.54) is 0 Å². The number of pyridine rings is 1. The van der Waals surface area contributed by atoms with Gasteiger partial charge in [0.2, 0.25) is 0 Å². The van der Waals surface area contributed by atoms with E-state index in [0.717, 1.165) is 6.07 Å². The first-order chi connectivity index (χ1) is 7.10. The highest BCUT2D eigenvalue weighted by atomic mass is 35.5. The summed E-state index contributed by atoms with van der Waals surface area (Å²) in [6.45, 7) is 0. The number of nitrogens with zero attached hydrogens (tertiary/aromatic N) is 1. The summed E-state index contributed by atoms with van der Waals surface area (Å²) in [7, 11) is 0. The van der Waals surface area contributed by atoms with Crippen LogP contribution < -0.4 is 5.43 Å². The maximum absolute atomic E-state index is 12.4. The van der Waals surface area contributed by atoms with Crippen LogP contribution in [0.25, 0.3) is 0 Å². The van der Waals surface area contributed by atoms with E-state index in [9.17, 15) is 13.6 Å². The van der Waals surface area contributed by atoms with Crippen molar-refractivity contribution in [3.05, 3.63) is 33.2 Å². The van der Waals surface area contributed by atoms with E-state index in [2.05, 4.69) is 4.98 Å². The summed E-state index contributed by atoms with van der Waals surface area (Å²) in [6, 6.07) is 2.81. The topological polar surface area (TPSA) is 56.6 Å². The van der Waals surface area contributed by atoms with Crippen molar-refractivity contribution in [2.24, 2.45) is 0 Å². The Morgan fingerprint density at radius 2 is 2.27 bits per heavy atom. The van der Waals surface area contributed by atoms with Gasteiger partial charge < -0.3 is 4.98 Å². The third-order valence-electron chi connectivity index (χ3n) is 1.83. The molecule has 0 aliphatic carbocycles. The van der Waals surface area contributed by atoms with Gasteiger partial charge in [-0.3, -0.25) is 4.79 Å². The normalized spacial score (nSPS) is 10.3. The summed E-state index contributed by atoms with van der Waals surface area (Å²) in [5.41, 5.74) is -1.14. The number of aromatic nitrogens is 1. The number of H-pyrrole nitrogens is 1. The minimum atomic E-state index is -2.86. The molecule has 0 bridgehead atoms. The van der Waals surface area contributed by atoms with E-state index < -0.39 is 17.4 Å². The average Bonchev–Trinajstić information content (AvgIpc) is 2.16. The van der Waals surface area contributed by atoms with E-state index >= 15 is 0 Å². The van der Waals surface area contributed by atoms with Crippen LogP contribution in [-0.2, 0) is 12.3 Å². The van der Waals surface area contributed by atoms with Crippen LogP contribution in [0.4, 0.5) is 8.78 Å². The van der Waals surface area contributed by atoms with Gasteiger partial charge in [0.05, 0.1) is 23.9 Å². The van der Waals surface area contributed by atoms with Crippen molar-refractivity contribution in [1.82, 2.24) is 4.98 Å². The van der Waals surface area contributed by atoms with Crippen LogP contribution in [0.3, 0.4) is 0 Å². The lowest BCUT2D eigenvalue weighted by Gasteiger charge is -2.07. The molecule has 0 atom stereocenters. The van der Waals surface area contributed by atoms with E-state index in [1.807, 2.05) is 6.07 Å². The second kappa shape index (κ2) is 4.89. The molecule has 3 nitrogen and oxygen atoms in total. The zero-order valence-corrected chi connectivity index (χ0v) is 8.31. The Morgan fingerprint density at radius 1 is 1.60 bits per heavy atom. The van der Waals surface area contributed by atoms with Crippen LogP contribution in [0.2, 0.25) is 0 Å². The van der Waals surface area contributed by atoms with Gasteiger partial charge in [-0.15, -0.1) is 11.6 Å². The highest BCUT2D eigenvalue weighted by Crippen LogP contribution is 2.19. The van der Waals surface area contributed by atoms with E-state index in [1.54, 1.807) is 0 Å². The van der Waals surface area contributed by atoms with Gasteiger partial charge in [0.1, 0.15) is 0 Å². The maximum Gasteiger partial charge on any atom is 0.269 e. The molecule has 15 heavy (non-hydrogen) atoms. The number of hydrogen-bond acceptors (Lipinski definition) is 2. The average molecular weight is 233 g/mol. The molecule has 1 heterocycles. The minimum absolute atomic E-state index is 0.0237. The smallest absolute Gasteiger partial charge is 0.269 e. The molecule has 0 amide bonds. The highest BCUT2D eigenvalue weighted by molar-refractivity contribution is 6.17. The first-order valence-electron chi connectivity index (χ1n) is 4.06. The van der Waals surface area contributed by atoms with Crippen molar-refractivity contribution in [3.63, 3.8) is 0 Å². The van der Waals surface area contributed by atoms with Crippen molar-refractivity contribution >= 4 is 11.6 Å². The zero-order chi connectivity index (χ0) is 11.4. The molecular formula is C9H7ClF2N2O. The van der Waals surface area contributed by atoms with Gasteiger partial charge in [-0.1, -0.05) is 0 Å². The molecule has 0 saturated carbocycles. The van der Waals surface area contributed by atoms with Gasteiger partial charge in [-0.05, 0) is 0 Å². The highest BCUT2D eigenvalue weighted by Gasteiger charge is 2.17. The zero-order valence-electron chi connectivity index (χ0n) is 7.56. The second-order valence-electron chi connectivity index (χ2n) is 2.82. The minimum Gasteiger partial charge on any atom is -0.360 e. The number of aromatic amines is 1. The summed E-state index contributed by atoms with van der Waals surface area (Å²) in [5.74, 6) is -0.214. The third kappa shape index (κ3) is 2.54. The van der Waals surface area contributed by atoms with E-state index in [0.29, 0.717) is 5.69 Å². The molecule has 0 aliphatic rings. The van der Waals surface area contributed by atoms with Gasteiger partial charge in [-0.2, -0.15) is 5.26 Å². The number of nitriles is 1. The quantitative estimate of drug-likeness (QED) is 0.812. The van der Waals surface area contributed by atoms with Crippen molar-refractivity contribution in [2.75, 3.05) is 0 Å². The van der Waals surface area contributed by atoms with Crippen LogP contribution >= 0.6 is 11.6 Å². The number of rotatable bonds is 3. The molecule has 0 fully saturated rings. The Morgan fingerprint density at radius 3 is 2.73 bits per heavy atom. The molecule has 0 aromatic carbocycles. The summed E-state index contributed by atoms with van der Waals surface area (Å²) in [5, 5.41) is 8.40. The van der Waals surface area contributed by atoms with Crippen molar-refractivity contribution < 1.29 is 8.78 Å². The summed E-state index contributed by atoms with van der Waals surface area (Å²) in [6.07, 6.45) is -2.90. The number of nitrogens with one attached hydrogen (secondary N) is 1. The second-order valence-corrected chi connectivity index (χ2v) is 3.09. The molecule has 80 valence electrons. The van der Waals surface area contributed by atoms with Crippen LogP contribution in [0.5, 0.6) is 0 Å². The molecule has 1 aromatic heterocycles. The van der Waals surface area contributed by atoms with E-state index in [-0.39, 0.29) is 18.0 Å². The molecule has 0 spiro atoms. The number of alkyl halides is 3. The molecule has 0 unspecified atom stereocenters. The Bertz CT molecular complexity index is 450. The van der Waals surface area contributed by atoms with Crippen LogP contribution in [0, 0.1) is 11.3 Å². The Balaban J connectivity index is 3.32. The first-order valence-corrected chi connectivity index (χ1v) is 4.59. The SMILES string of the molecule is N#CCc1cc(=O)c(C(F)F)c(CCl)[nH]1. The van der Waals surface area contributed by atoms with Crippen molar-refractivity contribution in [3.8, 4) is 6.07 Å². The van der Waals surface area contributed by atoms with Crippen molar-refractivity contribution in [2.45, 2.75) is 18.7 Å². The third-order valence-corrected chi connectivity index (χ3v) is 2.10. The lowest BCUT2D eigenvalue weighted by Crippen LogP contribution is -2.15. The lowest BCUT2D eigenvalue weighted by atomic mass is 10.1. The van der Waals surface area contributed by atoms with Crippen molar-refractivity contribution in [1.29, 1.82) is 5.26 Å². The molecule has 0 radical (unpaired) electrons. The molecule has 1 aromatic rings. The summed E-state index contributed by atoms with van der Waals surface area (Å²) >= 11 is 5.43. The fraction of sp³-hybridized carbons (Fsp3) is 0.333. The lowest BCUT2D eigenvalue weighted by molar-refractivity contribution is 0.148. The van der Waals surface area contributed by atoms with Gasteiger partial charge in [0.25, 0.3) is 6.43 Å². The van der Waals surface area contributed by atoms with Crippen LogP contribution in [0.15, 0.2) is 10.9 Å². The van der Waals surface area contributed by atoms with E-state index in [4.69, 9.17) is 16.9 Å². The predicted octanol–water partition coefficient (Wildman–Crippen LogP) is 2.12. The molecule has 1 rings (SSSR count). The van der Waals surface area contributed by atoms with Crippen LogP contribution in [-0.4, -0.2) is 4.98 Å². The van der Waals surface area contributed by atoms with Gasteiger partial charge in [0, 0.05) is 17.5 Å². The Kier molecular flexibility index (Phi) is 3.81. The van der Waals surface area contributed by atoms with Gasteiger partial charge in [0.15, 0.2) is 5.43 Å². The number of halogens is 3.